The van der Waals surface area contributed by atoms with Gasteiger partial charge in [-0.2, -0.15) is 0 Å². The molecule has 0 radical (unpaired) electrons. The molecule has 0 aromatic heterocycles. The number of primary amides is 1. The van der Waals surface area contributed by atoms with Gasteiger partial charge in [0, 0.05) is 25.9 Å². The Morgan fingerprint density at radius 3 is 2.16 bits per heavy atom. The van der Waals surface area contributed by atoms with Crippen LogP contribution in [0.2, 0.25) is 0 Å². The van der Waals surface area contributed by atoms with Gasteiger partial charge in [-0.05, 0) is 38.5 Å². The molecule has 4 unspecified atom stereocenters. The first kappa shape index (κ1) is 31.1. The van der Waals surface area contributed by atoms with Gasteiger partial charge in [0.05, 0.1) is 6.04 Å². The maximum Gasteiger partial charge on any atom is 0.326 e. The van der Waals surface area contributed by atoms with Crippen LogP contribution < -0.4 is 33.6 Å². The van der Waals surface area contributed by atoms with Gasteiger partial charge in [0.2, 0.25) is 23.6 Å². The number of nitrogens with one attached hydrogen (secondary N) is 2. The molecule has 37 heavy (non-hydrogen) atoms. The van der Waals surface area contributed by atoms with Crippen molar-refractivity contribution < 1.29 is 39.0 Å². The molecule has 0 bridgehead atoms. The number of amides is 4. The molecule has 12 N–H and O–H groups in total. The van der Waals surface area contributed by atoms with E-state index in [1.807, 2.05) is 0 Å². The summed E-state index contributed by atoms with van der Waals surface area (Å²) in [6.07, 6.45) is 0.0528. The summed E-state index contributed by atoms with van der Waals surface area (Å²) < 4.78 is 0. The van der Waals surface area contributed by atoms with Crippen LogP contribution in [0.4, 0.5) is 0 Å². The number of aliphatic carboxylic acids is 2. The number of carbonyl (C=O) groups is 6. The van der Waals surface area contributed by atoms with Crippen molar-refractivity contribution in [3.05, 3.63) is 0 Å². The van der Waals surface area contributed by atoms with Gasteiger partial charge in [-0.3, -0.25) is 29.0 Å². The molecule has 208 valence electrons. The average molecular weight is 529 g/mol. The number of hydrogen-bond donors (Lipinski definition) is 8. The van der Waals surface area contributed by atoms with E-state index in [1.165, 1.54) is 4.90 Å². The summed E-state index contributed by atoms with van der Waals surface area (Å²) in [5, 5.41) is 23.2. The highest BCUT2D eigenvalue weighted by Crippen LogP contribution is 2.20. The molecule has 1 saturated heterocycles. The Morgan fingerprint density at radius 1 is 0.946 bits per heavy atom. The minimum absolute atomic E-state index is 0.107. The van der Waals surface area contributed by atoms with Gasteiger partial charge in [0.15, 0.2) is 5.96 Å². The van der Waals surface area contributed by atoms with E-state index >= 15 is 0 Å². The molecule has 4 atom stereocenters. The molecule has 0 spiro atoms. The van der Waals surface area contributed by atoms with E-state index in [1.54, 1.807) is 0 Å². The molecule has 1 fully saturated rings. The van der Waals surface area contributed by atoms with Crippen molar-refractivity contribution in [2.24, 2.45) is 27.9 Å². The van der Waals surface area contributed by atoms with E-state index in [-0.39, 0.29) is 51.2 Å². The van der Waals surface area contributed by atoms with Crippen LogP contribution in [0.3, 0.4) is 0 Å². The largest absolute Gasteiger partial charge is 0.481 e. The summed E-state index contributed by atoms with van der Waals surface area (Å²) in [6.45, 7) is 0.381. The minimum atomic E-state index is -1.39. The lowest BCUT2D eigenvalue weighted by molar-refractivity contribution is -0.145. The molecular formula is C21H36N8O8. The Bertz CT molecular complexity index is 892. The van der Waals surface area contributed by atoms with Gasteiger partial charge in [-0.25, -0.2) is 4.79 Å². The molecule has 0 saturated carbocycles. The Kier molecular flexibility index (Phi) is 12.8. The summed E-state index contributed by atoms with van der Waals surface area (Å²) in [5.74, 6) is -5.53. The first-order valence-corrected chi connectivity index (χ1v) is 11.8. The van der Waals surface area contributed by atoms with Crippen molar-refractivity contribution >= 4 is 41.5 Å². The number of carboxylic acid groups (broad SMARTS) is 2. The Hall–Kier alpha value is -3.95. The van der Waals surface area contributed by atoms with Crippen LogP contribution in [0.5, 0.6) is 0 Å². The lowest BCUT2D eigenvalue weighted by atomic mass is 10.1. The third-order valence-corrected chi connectivity index (χ3v) is 5.70. The number of guanidine groups is 1. The first-order valence-electron chi connectivity index (χ1n) is 11.8. The first-order chi connectivity index (χ1) is 17.3. The lowest BCUT2D eigenvalue weighted by Crippen LogP contribution is -2.56. The summed E-state index contributed by atoms with van der Waals surface area (Å²) >= 11 is 0. The average Bonchev–Trinajstić information content (AvgIpc) is 3.30. The summed E-state index contributed by atoms with van der Waals surface area (Å²) in [6, 6.07) is -4.73. The highest BCUT2D eigenvalue weighted by molar-refractivity contribution is 5.94. The lowest BCUT2D eigenvalue weighted by Gasteiger charge is -2.29. The highest BCUT2D eigenvalue weighted by atomic mass is 16.4. The van der Waals surface area contributed by atoms with Gasteiger partial charge >= 0.3 is 11.9 Å². The van der Waals surface area contributed by atoms with Crippen LogP contribution in [-0.2, 0) is 28.8 Å². The van der Waals surface area contributed by atoms with E-state index in [9.17, 15) is 33.9 Å². The Labute approximate surface area is 213 Å². The van der Waals surface area contributed by atoms with Crippen LogP contribution in [0.15, 0.2) is 4.99 Å². The van der Waals surface area contributed by atoms with Crippen LogP contribution >= 0.6 is 0 Å². The summed E-state index contributed by atoms with van der Waals surface area (Å²) in [5.41, 5.74) is 21.4. The van der Waals surface area contributed by atoms with E-state index in [0.29, 0.717) is 12.8 Å². The number of aliphatic imine (C=N–C) groups is 1. The second-order valence-electron chi connectivity index (χ2n) is 8.64. The molecule has 16 nitrogen and oxygen atoms in total. The predicted molar refractivity (Wildman–Crippen MR) is 129 cm³/mol. The van der Waals surface area contributed by atoms with Crippen molar-refractivity contribution in [1.29, 1.82) is 0 Å². The zero-order valence-corrected chi connectivity index (χ0v) is 20.4. The fraction of sp³-hybridized carbons (Fsp3) is 0.667. The maximum absolute atomic E-state index is 13.3. The molecule has 4 amide bonds. The van der Waals surface area contributed by atoms with Crippen molar-refractivity contribution in [3.8, 4) is 0 Å². The van der Waals surface area contributed by atoms with Crippen molar-refractivity contribution in [2.75, 3.05) is 13.1 Å². The third kappa shape index (κ3) is 11.1. The number of rotatable bonds is 16. The quantitative estimate of drug-likeness (QED) is 0.0553. The number of likely N-dealkylation sites (tertiary alicyclic amines) is 1. The van der Waals surface area contributed by atoms with Gasteiger partial charge in [-0.15, -0.1) is 0 Å². The topological polar surface area (TPSA) is 287 Å². The molecule has 16 heteroatoms. The van der Waals surface area contributed by atoms with Crippen molar-refractivity contribution in [2.45, 2.75) is 75.5 Å². The van der Waals surface area contributed by atoms with Crippen LogP contribution in [0.1, 0.15) is 51.4 Å². The molecule has 1 heterocycles. The molecule has 0 aliphatic carbocycles. The zero-order valence-electron chi connectivity index (χ0n) is 20.4. The van der Waals surface area contributed by atoms with E-state index in [2.05, 4.69) is 15.6 Å². The number of nitrogens with two attached hydrogens (primary N) is 4. The Morgan fingerprint density at radius 2 is 1.59 bits per heavy atom. The summed E-state index contributed by atoms with van der Waals surface area (Å²) in [4.78, 5) is 77.2. The number of carboxylic acids is 2. The third-order valence-electron chi connectivity index (χ3n) is 5.70. The minimum Gasteiger partial charge on any atom is -0.481 e. The summed E-state index contributed by atoms with van der Waals surface area (Å²) in [7, 11) is 0. The zero-order chi connectivity index (χ0) is 28.1. The second kappa shape index (κ2) is 15.2. The van der Waals surface area contributed by atoms with Gasteiger partial charge in [0.25, 0.3) is 0 Å². The highest BCUT2D eigenvalue weighted by Gasteiger charge is 2.39. The molecule has 0 aromatic carbocycles. The van der Waals surface area contributed by atoms with Crippen molar-refractivity contribution in [3.63, 3.8) is 0 Å². The number of carbonyl (C=O) groups excluding carboxylic acids is 4. The number of nitrogens with zero attached hydrogens (tertiary/aromatic N) is 2. The second-order valence-corrected chi connectivity index (χ2v) is 8.64. The fourth-order valence-electron chi connectivity index (χ4n) is 3.77. The molecule has 0 aromatic rings. The molecular weight excluding hydrogens is 492 g/mol. The van der Waals surface area contributed by atoms with E-state index in [4.69, 9.17) is 28.0 Å². The molecule has 1 rings (SSSR count). The molecule has 1 aliphatic rings. The van der Waals surface area contributed by atoms with Crippen LogP contribution in [-0.4, -0.2) is 93.9 Å². The smallest absolute Gasteiger partial charge is 0.326 e. The van der Waals surface area contributed by atoms with E-state index in [0.717, 1.165) is 0 Å². The SMILES string of the molecule is NC(=O)CCC(NC(=O)C1CCCN1C(=O)C(CCC(=O)O)NC(=O)C(N)CCCN=C(N)N)C(=O)O. The number of hydrogen-bond acceptors (Lipinski definition) is 8. The molecule has 1 aliphatic heterocycles. The fourth-order valence-corrected chi connectivity index (χ4v) is 3.77. The standard InChI is InChI=1S/C21H36N8O8/c22-11(3-1-9-26-21(24)25)17(33)27-12(6-8-16(31)32)19(35)29-10-2-4-14(29)18(34)28-13(20(36)37)5-7-15(23)30/h11-14H,1-10,22H2,(H2,23,30)(H,27,33)(H,28,34)(H,31,32)(H,36,37)(H4,24,25,26). The van der Waals surface area contributed by atoms with Crippen LogP contribution in [0.25, 0.3) is 0 Å². The normalized spacial score (nSPS) is 17.2. The van der Waals surface area contributed by atoms with Crippen LogP contribution in [0, 0.1) is 0 Å². The van der Waals surface area contributed by atoms with Gasteiger partial charge in [0.1, 0.15) is 18.1 Å². The monoisotopic (exact) mass is 528 g/mol. The van der Waals surface area contributed by atoms with Crippen molar-refractivity contribution in [1.82, 2.24) is 15.5 Å². The Balaban J connectivity index is 2.91. The maximum atomic E-state index is 13.3. The van der Waals surface area contributed by atoms with E-state index < -0.39 is 66.2 Å². The predicted octanol–water partition coefficient (Wildman–Crippen LogP) is -3.46. The van der Waals surface area contributed by atoms with Gasteiger partial charge < -0.3 is 48.7 Å². The van der Waals surface area contributed by atoms with Gasteiger partial charge in [-0.1, -0.05) is 0 Å².